The highest BCUT2D eigenvalue weighted by molar-refractivity contribution is 5.73. The predicted octanol–water partition coefficient (Wildman–Crippen LogP) is 1.91. The van der Waals surface area contributed by atoms with E-state index in [4.69, 9.17) is 5.26 Å². The van der Waals surface area contributed by atoms with E-state index >= 15 is 0 Å². The molecule has 17 heavy (non-hydrogen) atoms. The molecular formula is C11H10F2N2O2. The minimum Gasteiger partial charge on any atom is -0.469 e. The van der Waals surface area contributed by atoms with E-state index in [9.17, 15) is 13.6 Å². The lowest BCUT2D eigenvalue weighted by Gasteiger charge is -2.09. The van der Waals surface area contributed by atoms with Crippen LogP contribution in [0.1, 0.15) is 28.9 Å². The van der Waals surface area contributed by atoms with Crippen LogP contribution in [0, 0.1) is 18.3 Å². The maximum Gasteiger partial charge on any atom is 0.309 e. The number of aromatic nitrogens is 1. The number of rotatable bonds is 3. The van der Waals surface area contributed by atoms with Crippen LogP contribution in [-0.2, 0) is 16.0 Å². The Labute approximate surface area is 96.8 Å². The Morgan fingerprint density at radius 1 is 1.65 bits per heavy atom. The standard InChI is InChI=1S/C11H10F2N2O2/c1-6-7(4-9(16)17-2)3-8(5-14)15-10(6)11(12)13/h3,11H,4H2,1-2H3. The van der Waals surface area contributed by atoms with Crippen molar-refractivity contribution in [3.63, 3.8) is 0 Å². The molecule has 1 heterocycles. The van der Waals surface area contributed by atoms with Gasteiger partial charge < -0.3 is 4.74 Å². The van der Waals surface area contributed by atoms with Crippen LogP contribution in [0.15, 0.2) is 6.07 Å². The molecular weight excluding hydrogens is 230 g/mol. The molecule has 0 fully saturated rings. The van der Waals surface area contributed by atoms with Crippen LogP contribution in [0.4, 0.5) is 8.78 Å². The summed E-state index contributed by atoms with van der Waals surface area (Å²) in [6, 6.07) is 3.00. The van der Waals surface area contributed by atoms with Crippen LogP contribution in [0.25, 0.3) is 0 Å². The molecule has 0 saturated heterocycles. The summed E-state index contributed by atoms with van der Waals surface area (Å²) in [5.74, 6) is -0.552. The highest BCUT2D eigenvalue weighted by Crippen LogP contribution is 2.24. The van der Waals surface area contributed by atoms with Crippen molar-refractivity contribution in [3.8, 4) is 6.07 Å². The monoisotopic (exact) mass is 240 g/mol. The van der Waals surface area contributed by atoms with Gasteiger partial charge in [0.1, 0.15) is 17.5 Å². The normalized spacial score (nSPS) is 10.1. The molecule has 0 aliphatic rings. The van der Waals surface area contributed by atoms with Crippen LogP contribution in [0.3, 0.4) is 0 Å². The van der Waals surface area contributed by atoms with Crippen molar-refractivity contribution in [2.24, 2.45) is 0 Å². The molecule has 0 N–H and O–H groups in total. The molecule has 0 bridgehead atoms. The number of hydrogen-bond donors (Lipinski definition) is 0. The first-order valence-corrected chi connectivity index (χ1v) is 4.75. The number of carbonyl (C=O) groups excluding carboxylic acids is 1. The first-order valence-electron chi connectivity index (χ1n) is 4.75. The van der Waals surface area contributed by atoms with Crippen molar-refractivity contribution in [2.75, 3.05) is 7.11 Å². The second-order valence-corrected chi connectivity index (χ2v) is 3.34. The van der Waals surface area contributed by atoms with E-state index in [1.807, 2.05) is 0 Å². The van der Waals surface area contributed by atoms with Gasteiger partial charge in [0, 0.05) is 0 Å². The smallest absolute Gasteiger partial charge is 0.309 e. The third kappa shape index (κ3) is 2.97. The fourth-order valence-electron chi connectivity index (χ4n) is 1.36. The summed E-state index contributed by atoms with van der Waals surface area (Å²) in [6.45, 7) is 1.44. The molecule has 90 valence electrons. The Balaban J connectivity index is 3.25. The minimum absolute atomic E-state index is 0.134. The van der Waals surface area contributed by atoms with Crippen molar-refractivity contribution in [2.45, 2.75) is 19.8 Å². The first kappa shape index (κ1) is 13.0. The maximum atomic E-state index is 12.7. The molecule has 0 aliphatic heterocycles. The summed E-state index contributed by atoms with van der Waals surface area (Å²) in [4.78, 5) is 14.6. The van der Waals surface area contributed by atoms with Gasteiger partial charge in [-0.25, -0.2) is 13.8 Å². The molecule has 0 aliphatic carbocycles. The topological polar surface area (TPSA) is 63.0 Å². The van der Waals surface area contributed by atoms with E-state index in [1.165, 1.54) is 20.1 Å². The van der Waals surface area contributed by atoms with Crippen molar-refractivity contribution in [1.29, 1.82) is 5.26 Å². The number of carbonyl (C=O) groups is 1. The van der Waals surface area contributed by atoms with Gasteiger partial charge in [0.05, 0.1) is 13.5 Å². The van der Waals surface area contributed by atoms with Gasteiger partial charge in [-0.05, 0) is 24.1 Å². The highest BCUT2D eigenvalue weighted by atomic mass is 19.3. The molecule has 0 amide bonds. The van der Waals surface area contributed by atoms with Gasteiger partial charge >= 0.3 is 5.97 Å². The zero-order valence-electron chi connectivity index (χ0n) is 9.33. The number of hydrogen-bond acceptors (Lipinski definition) is 4. The second kappa shape index (κ2) is 5.34. The van der Waals surface area contributed by atoms with Gasteiger partial charge in [-0.2, -0.15) is 5.26 Å². The van der Waals surface area contributed by atoms with Crippen LogP contribution < -0.4 is 0 Å². The summed E-state index contributed by atoms with van der Waals surface area (Å²) >= 11 is 0. The number of esters is 1. The fraction of sp³-hybridized carbons (Fsp3) is 0.364. The van der Waals surface area contributed by atoms with E-state index < -0.39 is 18.1 Å². The van der Waals surface area contributed by atoms with Gasteiger partial charge in [-0.1, -0.05) is 0 Å². The molecule has 1 rings (SSSR count). The SMILES string of the molecule is COC(=O)Cc1cc(C#N)nc(C(F)F)c1C. The van der Waals surface area contributed by atoms with E-state index in [-0.39, 0.29) is 17.7 Å². The number of halogens is 2. The number of alkyl halides is 2. The number of ether oxygens (including phenoxy) is 1. The molecule has 0 atom stereocenters. The van der Waals surface area contributed by atoms with E-state index in [1.54, 1.807) is 6.07 Å². The summed E-state index contributed by atoms with van der Waals surface area (Å²) < 4.78 is 29.8. The van der Waals surface area contributed by atoms with E-state index in [0.29, 0.717) is 5.56 Å². The average molecular weight is 240 g/mol. The van der Waals surface area contributed by atoms with Crippen molar-refractivity contribution in [1.82, 2.24) is 4.98 Å². The Hall–Kier alpha value is -2.03. The van der Waals surface area contributed by atoms with Crippen LogP contribution in [-0.4, -0.2) is 18.1 Å². The number of nitrogens with zero attached hydrogens (tertiary/aromatic N) is 2. The predicted molar refractivity (Wildman–Crippen MR) is 54.4 cm³/mol. The van der Waals surface area contributed by atoms with Crippen LogP contribution in [0.5, 0.6) is 0 Å². The van der Waals surface area contributed by atoms with Gasteiger partial charge in [0.15, 0.2) is 0 Å². The zero-order valence-corrected chi connectivity index (χ0v) is 9.33. The molecule has 0 unspecified atom stereocenters. The lowest BCUT2D eigenvalue weighted by Crippen LogP contribution is -2.09. The summed E-state index contributed by atoms with van der Waals surface area (Å²) in [7, 11) is 1.21. The minimum atomic E-state index is -2.78. The molecule has 0 radical (unpaired) electrons. The van der Waals surface area contributed by atoms with E-state index in [2.05, 4.69) is 9.72 Å². The number of methoxy groups -OCH3 is 1. The quantitative estimate of drug-likeness (QED) is 0.757. The van der Waals surface area contributed by atoms with Crippen LogP contribution in [0.2, 0.25) is 0 Å². The summed E-state index contributed by atoms with van der Waals surface area (Å²) in [5.41, 5.74) is -0.0594. The molecule has 6 heteroatoms. The molecule has 0 spiro atoms. The fourth-order valence-corrected chi connectivity index (χ4v) is 1.36. The van der Waals surface area contributed by atoms with Crippen molar-refractivity contribution in [3.05, 3.63) is 28.6 Å². The Morgan fingerprint density at radius 3 is 2.76 bits per heavy atom. The first-order chi connectivity index (χ1) is 7.99. The Kier molecular flexibility index (Phi) is 4.10. The molecule has 1 aromatic heterocycles. The van der Waals surface area contributed by atoms with Crippen molar-refractivity contribution >= 4 is 5.97 Å². The van der Waals surface area contributed by atoms with E-state index in [0.717, 1.165) is 0 Å². The molecule has 0 saturated carbocycles. The number of nitriles is 1. The lowest BCUT2D eigenvalue weighted by molar-refractivity contribution is -0.139. The van der Waals surface area contributed by atoms with Crippen molar-refractivity contribution < 1.29 is 18.3 Å². The van der Waals surface area contributed by atoms with Gasteiger partial charge in [0.2, 0.25) is 0 Å². The van der Waals surface area contributed by atoms with Gasteiger partial charge in [-0.15, -0.1) is 0 Å². The summed E-state index contributed by atoms with van der Waals surface area (Å²) in [5, 5.41) is 8.68. The third-order valence-corrected chi connectivity index (χ3v) is 2.30. The zero-order chi connectivity index (χ0) is 13.0. The Bertz CT molecular complexity index is 481. The average Bonchev–Trinajstić information content (AvgIpc) is 2.31. The molecule has 1 aromatic rings. The Morgan fingerprint density at radius 2 is 2.29 bits per heavy atom. The summed E-state index contributed by atoms with van der Waals surface area (Å²) in [6.07, 6.45) is -2.93. The highest BCUT2D eigenvalue weighted by Gasteiger charge is 2.18. The number of pyridine rings is 1. The maximum absolute atomic E-state index is 12.7. The molecule has 0 aromatic carbocycles. The van der Waals surface area contributed by atoms with Crippen LogP contribution >= 0.6 is 0 Å². The van der Waals surface area contributed by atoms with Gasteiger partial charge in [0.25, 0.3) is 6.43 Å². The molecule has 4 nitrogen and oxygen atoms in total. The van der Waals surface area contributed by atoms with Gasteiger partial charge in [-0.3, -0.25) is 4.79 Å². The largest absolute Gasteiger partial charge is 0.469 e. The third-order valence-electron chi connectivity index (χ3n) is 2.30. The second-order valence-electron chi connectivity index (χ2n) is 3.34. The lowest BCUT2D eigenvalue weighted by atomic mass is 10.0.